The van der Waals surface area contributed by atoms with Crippen molar-refractivity contribution in [2.24, 2.45) is 0 Å². The van der Waals surface area contributed by atoms with Crippen LogP contribution in [-0.4, -0.2) is 16.8 Å². The summed E-state index contributed by atoms with van der Waals surface area (Å²) < 4.78 is 0. The Hall–Kier alpha value is 0.0200. The van der Waals surface area contributed by atoms with Gasteiger partial charge >= 0.3 is 0 Å². The van der Waals surface area contributed by atoms with E-state index in [0.29, 0.717) is 11.0 Å². The number of hydrogen-bond donors (Lipinski definition) is 0. The van der Waals surface area contributed by atoms with E-state index in [1.807, 2.05) is 6.92 Å². The normalized spacial score (nSPS) is 26.9. The van der Waals surface area contributed by atoms with Crippen molar-refractivity contribution in [2.45, 2.75) is 25.0 Å². The zero-order valence-corrected chi connectivity index (χ0v) is 5.83. The molecule has 0 aromatic heterocycles. The summed E-state index contributed by atoms with van der Waals surface area (Å²) in [5, 5.41) is 0.375. The van der Waals surface area contributed by atoms with Crippen LogP contribution in [0.2, 0.25) is 0 Å². The molecule has 0 aromatic carbocycles. The third-order valence-corrected chi connectivity index (χ3v) is 2.78. The summed E-state index contributed by atoms with van der Waals surface area (Å²) in [7, 11) is 0. The Morgan fingerprint density at radius 2 is 2.50 bits per heavy atom. The zero-order valence-electron chi connectivity index (χ0n) is 5.02. The van der Waals surface area contributed by atoms with Gasteiger partial charge in [0.15, 0.2) is 0 Å². The van der Waals surface area contributed by atoms with E-state index in [1.54, 1.807) is 11.8 Å². The molecule has 0 aliphatic carbocycles. The van der Waals surface area contributed by atoms with Crippen molar-refractivity contribution >= 4 is 17.5 Å². The first kappa shape index (κ1) is 6.14. The Balaban J connectivity index is 2.24. The van der Waals surface area contributed by atoms with Crippen LogP contribution in [0, 0.1) is 0 Å². The van der Waals surface area contributed by atoms with Crippen LogP contribution in [-0.2, 0) is 4.79 Å². The molecule has 0 saturated carbocycles. The van der Waals surface area contributed by atoms with Crippen LogP contribution in [0.25, 0.3) is 0 Å². The fraction of sp³-hybridized carbons (Fsp3) is 0.833. The van der Waals surface area contributed by atoms with E-state index in [-0.39, 0.29) is 0 Å². The standard InChI is InChI=1S/C6H10OS/c1-2-5(7)6-3-4-8-6/h6H,2-4H2,1H3. The molecule has 0 radical (unpaired) electrons. The van der Waals surface area contributed by atoms with E-state index < -0.39 is 0 Å². The smallest absolute Gasteiger partial charge is 0.145 e. The maximum absolute atomic E-state index is 10.8. The minimum absolute atomic E-state index is 0.375. The molecule has 1 atom stereocenters. The molecule has 46 valence electrons. The van der Waals surface area contributed by atoms with Crippen molar-refractivity contribution in [3.63, 3.8) is 0 Å². The second-order valence-electron chi connectivity index (χ2n) is 1.97. The van der Waals surface area contributed by atoms with Gasteiger partial charge < -0.3 is 0 Å². The van der Waals surface area contributed by atoms with Crippen LogP contribution < -0.4 is 0 Å². The van der Waals surface area contributed by atoms with Gasteiger partial charge in [0.1, 0.15) is 5.78 Å². The summed E-state index contributed by atoms with van der Waals surface area (Å²) in [5.41, 5.74) is 0. The van der Waals surface area contributed by atoms with Gasteiger partial charge in [-0.3, -0.25) is 4.79 Å². The average molecular weight is 130 g/mol. The van der Waals surface area contributed by atoms with Gasteiger partial charge in [-0.05, 0) is 12.2 Å². The van der Waals surface area contributed by atoms with Gasteiger partial charge in [0.25, 0.3) is 0 Å². The van der Waals surface area contributed by atoms with Gasteiger partial charge in [-0.15, -0.1) is 0 Å². The first-order valence-corrected chi connectivity index (χ1v) is 4.03. The number of thioether (sulfide) groups is 1. The molecule has 2 heteroatoms. The summed E-state index contributed by atoms with van der Waals surface area (Å²) in [6, 6.07) is 0. The number of ketones is 1. The van der Waals surface area contributed by atoms with Crippen LogP contribution >= 0.6 is 11.8 Å². The predicted octanol–water partition coefficient (Wildman–Crippen LogP) is 1.47. The van der Waals surface area contributed by atoms with Crippen LogP contribution in [0.3, 0.4) is 0 Å². The van der Waals surface area contributed by atoms with Gasteiger partial charge in [0, 0.05) is 6.42 Å². The van der Waals surface area contributed by atoms with E-state index in [0.717, 1.165) is 12.8 Å². The number of rotatable bonds is 2. The molecule has 1 heterocycles. The summed E-state index contributed by atoms with van der Waals surface area (Å²) in [5.74, 6) is 1.62. The molecule has 0 aromatic rings. The first-order chi connectivity index (χ1) is 3.84. The maximum atomic E-state index is 10.8. The highest BCUT2D eigenvalue weighted by atomic mass is 32.2. The van der Waals surface area contributed by atoms with Crippen LogP contribution in [0.5, 0.6) is 0 Å². The third-order valence-electron chi connectivity index (χ3n) is 1.41. The van der Waals surface area contributed by atoms with E-state index >= 15 is 0 Å². The highest BCUT2D eigenvalue weighted by molar-refractivity contribution is 8.01. The van der Waals surface area contributed by atoms with Crippen molar-refractivity contribution in [1.82, 2.24) is 0 Å². The molecule has 1 aliphatic heterocycles. The molecule has 1 fully saturated rings. The van der Waals surface area contributed by atoms with Crippen LogP contribution in [0.4, 0.5) is 0 Å². The topological polar surface area (TPSA) is 17.1 Å². The summed E-state index contributed by atoms with van der Waals surface area (Å²) in [6.45, 7) is 1.93. The SMILES string of the molecule is CCC(=O)C1CCS1. The molecular formula is C6H10OS. The number of hydrogen-bond acceptors (Lipinski definition) is 2. The van der Waals surface area contributed by atoms with Crippen molar-refractivity contribution < 1.29 is 4.79 Å². The molecule has 0 bridgehead atoms. The fourth-order valence-corrected chi connectivity index (χ4v) is 1.54. The molecule has 0 spiro atoms. The molecule has 1 saturated heterocycles. The summed E-state index contributed by atoms with van der Waals surface area (Å²) in [4.78, 5) is 10.8. The lowest BCUT2D eigenvalue weighted by atomic mass is 10.2. The van der Waals surface area contributed by atoms with E-state index in [1.165, 1.54) is 5.75 Å². The Bertz CT molecular complexity index is 96.7. The van der Waals surface area contributed by atoms with Gasteiger partial charge in [-0.2, -0.15) is 11.8 Å². The zero-order chi connectivity index (χ0) is 5.98. The van der Waals surface area contributed by atoms with Gasteiger partial charge in [-0.25, -0.2) is 0 Å². The number of carbonyl (C=O) groups excluding carboxylic acids is 1. The molecule has 0 amide bonds. The molecule has 1 unspecified atom stereocenters. The van der Waals surface area contributed by atoms with Crippen molar-refractivity contribution in [3.8, 4) is 0 Å². The van der Waals surface area contributed by atoms with Crippen molar-refractivity contribution in [3.05, 3.63) is 0 Å². The van der Waals surface area contributed by atoms with E-state index in [2.05, 4.69) is 0 Å². The second kappa shape index (κ2) is 2.53. The lowest BCUT2D eigenvalue weighted by Gasteiger charge is -2.22. The minimum atomic E-state index is 0.375. The molecule has 1 nitrogen and oxygen atoms in total. The van der Waals surface area contributed by atoms with Gasteiger partial charge in [0.05, 0.1) is 5.25 Å². The number of carbonyl (C=O) groups is 1. The quantitative estimate of drug-likeness (QED) is 0.563. The monoisotopic (exact) mass is 130 g/mol. The van der Waals surface area contributed by atoms with E-state index in [9.17, 15) is 4.79 Å². The first-order valence-electron chi connectivity index (χ1n) is 2.99. The van der Waals surface area contributed by atoms with Crippen molar-refractivity contribution in [1.29, 1.82) is 0 Å². The molecule has 0 N–H and O–H groups in total. The fourth-order valence-electron chi connectivity index (χ4n) is 0.717. The Labute approximate surface area is 53.8 Å². The van der Waals surface area contributed by atoms with Crippen LogP contribution in [0.15, 0.2) is 0 Å². The lowest BCUT2D eigenvalue weighted by molar-refractivity contribution is -0.118. The van der Waals surface area contributed by atoms with Crippen molar-refractivity contribution in [2.75, 3.05) is 5.75 Å². The van der Waals surface area contributed by atoms with Gasteiger partial charge in [0.2, 0.25) is 0 Å². The Morgan fingerprint density at radius 1 is 1.88 bits per heavy atom. The molecule has 8 heavy (non-hydrogen) atoms. The van der Waals surface area contributed by atoms with Gasteiger partial charge in [-0.1, -0.05) is 6.92 Å². The van der Waals surface area contributed by atoms with Crippen LogP contribution in [0.1, 0.15) is 19.8 Å². The molecule has 1 rings (SSSR count). The summed E-state index contributed by atoms with van der Waals surface area (Å²) in [6.07, 6.45) is 1.84. The predicted molar refractivity (Wildman–Crippen MR) is 36.2 cm³/mol. The average Bonchev–Trinajstić information content (AvgIpc) is 1.62. The maximum Gasteiger partial charge on any atom is 0.145 e. The Kier molecular flexibility index (Phi) is 1.95. The van der Waals surface area contributed by atoms with E-state index in [4.69, 9.17) is 0 Å². The highest BCUT2D eigenvalue weighted by Gasteiger charge is 2.23. The largest absolute Gasteiger partial charge is 0.298 e. The third kappa shape index (κ3) is 1.05. The second-order valence-corrected chi connectivity index (χ2v) is 3.28. The highest BCUT2D eigenvalue weighted by Crippen LogP contribution is 2.28. The molecular weight excluding hydrogens is 120 g/mol. The lowest BCUT2D eigenvalue weighted by Crippen LogP contribution is -2.24. The minimum Gasteiger partial charge on any atom is -0.298 e. The molecule has 1 aliphatic rings. The summed E-state index contributed by atoms with van der Waals surface area (Å²) >= 11 is 1.79. The number of Topliss-reactive ketones (excluding diaryl/α,β-unsaturated/α-hetero) is 1. The Morgan fingerprint density at radius 3 is 2.62 bits per heavy atom.